The summed E-state index contributed by atoms with van der Waals surface area (Å²) >= 11 is 0. The molecule has 0 fully saturated rings. The van der Waals surface area contributed by atoms with E-state index in [1.54, 1.807) is 19.1 Å². The number of nitrogens with one attached hydrogen (secondary N) is 1. The first-order chi connectivity index (χ1) is 15.4. The van der Waals surface area contributed by atoms with E-state index in [4.69, 9.17) is 9.15 Å². The Labute approximate surface area is 189 Å². The van der Waals surface area contributed by atoms with Crippen LogP contribution in [0.1, 0.15) is 55.1 Å². The van der Waals surface area contributed by atoms with Gasteiger partial charge in [0.25, 0.3) is 0 Å². The quantitative estimate of drug-likeness (QED) is 0.537. The highest BCUT2D eigenvalue weighted by atomic mass is 16.5. The molecule has 1 aromatic heterocycles. The smallest absolute Gasteiger partial charge is 0.240 e. The van der Waals surface area contributed by atoms with E-state index in [0.717, 1.165) is 19.5 Å². The Kier molecular flexibility index (Phi) is 7.75. The standard InChI is InChI=1S/C25H32N2O5/c1-5-16-31-19-11-9-18(10-12-19)22-21(23(28)20-13-8-17(4)32-20)24(29)25(30)27(22)15-14-26(6-2)7-3/h8-13,22,29H,5-7,14-16H2,1-4H3. The number of nitrogens with zero attached hydrogens (tertiary/aromatic N) is 1. The van der Waals surface area contributed by atoms with E-state index in [1.165, 1.54) is 9.80 Å². The molecule has 1 aromatic carbocycles. The Morgan fingerprint density at radius 2 is 1.81 bits per heavy atom. The number of hydrogen-bond donors (Lipinski definition) is 1. The Morgan fingerprint density at radius 3 is 2.38 bits per heavy atom. The molecule has 1 aliphatic rings. The molecule has 7 nitrogen and oxygen atoms in total. The van der Waals surface area contributed by atoms with Gasteiger partial charge in [-0.3, -0.25) is 9.59 Å². The van der Waals surface area contributed by atoms with Gasteiger partial charge in [0.2, 0.25) is 11.7 Å². The fraction of sp³-hybridized carbons (Fsp3) is 0.440. The minimum atomic E-state index is -0.755. The molecule has 1 aliphatic heterocycles. The van der Waals surface area contributed by atoms with Crippen molar-refractivity contribution in [2.24, 2.45) is 0 Å². The van der Waals surface area contributed by atoms with Gasteiger partial charge in [-0.2, -0.15) is 0 Å². The number of benzene rings is 1. The van der Waals surface area contributed by atoms with E-state index in [-0.39, 0.29) is 11.3 Å². The molecule has 2 aromatic rings. The van der Waals surface area contributed by atoms with Crippen molar-refractivity contribution in [3.05, 3.63) is 64.8 Å². The lowest BCUT2D eigenvalue weighted by Crippen LogP contribution is -3.12. The summed E-state index contributed by atoms with van der Waals surface area (Å²) in [6.07, 6.45) is 0.893. The Balaban J connectivity index is 1.97. The first-order valence-corrected chi connectivity index (χ1v) is 11.3. The number of likely N-dealkylation sites (N-methyl/N-ethyl adjacent to an activating group) is 1. The van der Waals surface area contributed by atoms with E-state index < -0.39 is 23.5 Å². The summed E-state index contributed by atoms with van der Waals surface area (Å²) in [5, 5.41) is 13.0. The predicted molar refractivity (Wildman–Crippen MR) is 118 cm³/mol. The van der Waals surface area contributed by atoms with Crippen molar-refractivity contribution in [1.82, 2.24) is 4.90 Å². The van der Waals surface area contributed by atoms with Crippen molar-refractivity contribution >= 4 is 11.7 Å². The number of hydrogen-bond acceptors (Lipinski definition) is 5. The third-order valence-electron chi connectivity index (χ3n) is 5.87. The predicted octanol–water partition coefficient (Wildman–Crippen LogP) is 1.68. The number of ketones is 1. The summed E-state index contributed by atoms with van der Waals surface area (Å²) in [6.45, 7) is 11.5. The molecule has 0 radical (unpaired) electrons. The number of Topliss-reactive ketones (excluding diaryl/α,β-unsaturated/α-hetero) is 1. The Bertz CT molecular complexity index is 972. The maximum atomic E-state index is 13.2. The van der Waals surface area contributed by atoms with Crippen molar-refractivity contribution in [3.8, 4) is 5.75 Å². The second-order valence-electron chi connectivity index (χ2n) is 8.01. The maximum absolute atomic E-state index is 13.2. The molecule has 0 saturated heterocycles. The summed E-state index contributed by atoms with van der Waals surface area (Å²) in [5.41, 5.74) is 0.648. The molecule has 1 N–H and O–H groups in total. The van der Waals surface area contributed by atoms with Gasteiger partial charge in [0.15, 0.2) is 5.76 Å². The van der Waals surface area contributed by atoms with E-state index in [0.29, 0.717) is 36.8 Å². The van der Waals surface area contributed by atoms with Gasteiger partial charge in [-0.05, 0) is 62.8 Å². The highest BCUT2D eigenvalue weighted by Crippen LogP contribution is 2.38. The zero-order chi connectivity index (χ0) is 23.3. The first-order valence-electron chi connectivity index (χ1n) is 11.3. The number of quaternary nitrogens is 1. The summed E-state index contributed by atoms with van der Waals surface area (Å²) in [7, 11) is 0. The molecular weight excluding hydrogens is 408 g/mol. The molecule has 172 valence electrons. The molecule has 0 spiro atoms. The van der Waals surface area contributed by atoms with Gasteiger partial charge in [-0.15, -0.1) is 0 Å². The minimum absolute atomic E-state index is 0.0545. The van der Waals surface area contributed by atoms with Crippen LogP contribution in [0.3, 0.4) is 0 Å². The van der Waals surface area contributed by atoms with Gasteiger partial charge >= 0.3 is 0 Å². The van der Waals surface area contributed by atoms with Crippen LogP contribution in [0, 0.1) is 6.92 Å². The third-order valence-corrected chi connectivity index (χ3v) is 5.87. The summed E-state index contributed by atoms with van der Waals surface area (Å²) in [4.78, 5) is 29.1. The zero-order valence-electron chi connectivity index (χ0n) is 19.3. The molecule has 0 saturated carbocycles. The van der Waals surface area contributed by atoms with Gasteiger partial charge in [0, 0.05) is 5.57 Å². The molecule has 1 amide bonds. The molecule has 2 heterocycles. The van der Waals surface area contributed by atoms with Gasteiger partial charge in [-0.25, -0.2) is 0 Å². The lowest BCUT2D eigenvalue weighted by atomic mass is 9.95. The van der Waals surface area contributed by atoms with Gasteiger partial charge in [0.05, 0.1) is 38.8 Å². The number of ether oxygens (including phenoxy) is 1. The van der Waals surface area contributed by atoms with Gasteiger partial charge < -0.3 is 24.1 Å². The summed E-state index contributed by atoms with van der Waals surface area (Å²) < 4.78 is 11.1. The van der Waals surface area contributed by atoms with Crippen LogP contribution in [-0.2, 0) is 4.79 Å². The number of amides is 1. The van der Waals surface area contributed by atoms with E-state index in [2.05, 4.69) is 13.8 Å². The number of aryl methyl sites for hydroxylation is 1. The van der Waals surface area contributed by atoms with Gasteiger partial charge in [-0.1, -0.05) is 19.1 Å². The third kappa shape index (κ3) is 4.88. The van der Waals surface area contributed by atoms with Crippen molar-refractivity contribution in [3.63, 3.8) is 0 Å². The fourth-order valence-electron chi connectivity index (χ4n) is 3.99. The molecular formula is C25H32N2O5. The van der Waals surface area contributed by atoms with E-state index >= 15 is 0 Å². The molecule has 32 heavy (non-hydrogen) atoms. The number of carbonyl (C=O) groups excluding carboxylic acids is 2. The lowest BCUT2D eigenvalue weighted by Gasteiger charge is -2.29. The number of furan rings is 1. The van der Waals surface area contributed by atoms with Gasteiger partial charge in [0.1, 0.15) is 11.5 Å². The monoisotopic (exact) mass is 440 g/mol. The molecule has 0 aliphatic carbocycles. The minimum Gasteiger partial charge on any atom is -0.868 e. The second-order valence-corrected chi connectivity index (χ2v) is 8.01. The van der Waals surface area contributed by atoms with Crippen LogP contribution in [0.25, 0.3) is 0 Å². The van der Waals surface area contributed by atoms with Crippen LogP contribution in [0.4, 0.5) is 0 Å². The summed E-state index contributed by atoms with van der Waals surface area (Å²) in [5.74, 6) is -0.579. The van der Waals surface area contributed by atoms with Crippen LogP contribution in [0.5, 0.6) is 5.75 Å². The fourth-order valence-corrected chi connectivity index (χ4v) is 3.99. The Hall–Kier alpha value is -3.06. The molecule has 1 unspecified atom stereocenters. The maximum Gasteiger partial charge on any atom is 0.240 e. The topological polar surface area (TPSA) is 87.2 Å². The van der Waals surface area contributed by atoms with Crippen molar-refractivity contribution < 1.29 is 28.7 Å². The highest BCUT2D eigenvalue weighted by Gasteiger charge is 2.40. The van der Waals surface area contributed by atoms with E-state index in [1.807, 2.05) is 31.2 Å². The lowest BCUT2D eigenvalue weighted by molar-refractivity contribution is -0.895. The largest absolute Gasteiger partial charge is 0.868 e. The van der Waals surface area contributed by atoms with Crippen LogP contribution >= 0.6 is 0 Å². The molecule has 3 rings (SSSR count). The van der Waals surface area contributed by atoms with Crippen LogP contribution in [-0.4, -0.2) is 49.4 Å². The molecule has 7 heteroatoms. The van der Waals surface area contributed by atoms with Crippen LogP contribution < -0.4 is 14.7 Å². The normalized spacial score (nSPS) is 16.3. The van der Waals surface area contributed by atoms with E-state index in [9.17, 15) is 14.7 Å². The number of carbonyl (C=O) groups is 2. The van der Waals surface area contributed by atoms with Crippen molar-refractivity contribution in [1.29, 1.82) is 0 Å². The number of rotatable bonds is 11. The van der Waals surface area contributed by atoms with Crippen LogP contribution in [0.15, 0.2) is 52.1 Å². The van der Waals surface area contributed by atoms with Crippen molar-refractivity contribution in [2.75, 3.05) is 32.8 Å². The zero-order valence-corrected chi connectivity index (χ0v) is 19.3. The molecule has 0 bridgehead atoms. The highest BCUT2D eigenvalue weighted by molar-refractivity contribution is 6.14. The average Bonchev–Trinajstić information content (AvgIpc) is 3.34. The SMILES string of the molecule is CCCOc1ccc(C2C(C(=O)c3ccc(C)o3)=C([O-])C(=O)N2CC[NH+](CC)CC)cc1. The van der Waals surface area contributed by atoms with Crippen molar-refractivity contribution in [2.45, 2.75) is 40.2 Å². The molecule has 1 atom stereocenters. The Morgan fingerprint density at radius 1 is 1.12 bits per heavy atom. The van der Waals surface area contributed by atoms with Crippen LogP contribution in [0.2, 0.25) is 0 Å². The second kappa shape index (κ2) is 10.5. The summed E-state index contributed by atoms with van der Waals surface area (Å²) in [6, 6.07) is 9.73. The first kappa shape index (κ1) is 23.6. The average molecular weight is 441 g/mol.